The number of allylic oxidation sites excluding steroid dienone is 5. The van der Waals surface area contributed by atoms with Crippen LogP contribution >= 0.6 is 22.9 Å². The summed E-state index contributed by atoms with van der Waals surface area (Å²) in [6, 6.07) is 2.56. The first-order valence-electron chi connectivity index (χ1n) is 3.99. The minimum absolute atomic E-state index is 0.106. The molecule has 68 valence electrons. The van der Waals surface area contributed by atoms with Gasteiger partial charge in [-0.3, -0.25) is 0 Å². The molecule has 0 unspecified atom stereocenters. The first-order valence-corrected chi connectivity index (χ1v) is 4.96. The number of halogens is 1. The Labute approximate surface area is 92.4 Å². The number of hydrogen-bond acceptors (Lipinski definition) is 2. The Kier molecular flexibility index (Phi) is 3.63. The molecule has 1 aliphatic rings. The van der Waals surface area contributed by atoms with Crippen molar-refractivity contribution in [3.63, 3.8) is 0 Å². The Balaban J connectivity index is 2.89. The average Bonchev–Trinajstić information content (AvgIpc) is 2.23. The highest BCUT2D eigenvalue weighted by atomic mass is 127. The van der Waals surface area contributed by atoms with Crippen molar-refractivity contribution in [1.29, 1.82) is 0 Å². The first-order chi connectivity index (χ1) is 6.14. The highest BCUT2D eigenvalue weighted by Crippen LogP contribution is 2.22. The molecule has 13 heavy (non-hydrogen) atoms. The number of hydrogen-bond donors (Lipinski definition) is 0. The molecule has 0 bridgehead atoms. The van der Waals surface area contributed by atoms with E-state index in [4.69, 9.17) is 0 Å². The number of aliphatic imine (C=N–C) groups is 1. The molecule has 0 saturated carbocycles. The van der Waals surface area contributed by atoms with E-state index in [1.165, 1.54) is 0 Å². The zero-order valence-electron chi connectivity index (χ0n) is 7.66. The van der Waals surface area contributed by atoms with Crippen LogP contribution in [0.1, 0.15) is 13.8 Å². The Morgan fingerprint density at radius 3 is 2.85 bits per heavy atom. The van der Waals surface area contributed by atoms with Gasteiger partial charge in [0.15, 0.2) is 0 Å². The molecule has 0 aliphatic heterocycles. The van der Waals surface area contributed by atoms with Crippen molar-refractivity contribution < 1.29 is 0 Å². The van der Waals surface area contributed by atoms with Crippen LogP contribution in [-0.4, -0.2) is 6.01 Å². The maximum Gasteiger partial charge on any atom is 0.106 e. The quantitative estimate of drug-likeness (QED) is 0.520. The fraction of sp³-hybridized carbons (Fsp3) is 0.300. The topological polar surface area (TPSA) is 24.7 Å². The van der Waals surface area contributed by atoms with Gasteiger partial charge in [-0.2, -0.15) is 8.20 Å². The van der Waals surface area contributed by atoms with Crippen LogP contribution < -0.4 is 0 Å². The van der Waals surface area contributed by atoms with Crippen LogP contribution in [0.25, 0.3) is 0 Å². The minimum atomic E-state index is 0.106. The third kappa shape index (κ3) is 3.70. The SMILES string of the molecule is CC1(C)C=CC=C(N=C=NI)C=C1. The van der Waals surface area contributed by atoms with E-state index in [-0.39, 0.29) is 5.41 Å². The molecule has 0 amide bonds. The van der Waals surface area contributed by atoms with Gasteiger partial charge in [-0.05, 0) is 12.2 Å². The molecular weight excluding hydrogens is 275 g/mol. The summed E-state index contributed by atoms with van der Waals surface area (Å²) in [5.41, 5.74) is 0.983. The van der Waals surface area contributed by atoms with Gasteiger partial charge in [0.2, 0.25) is 0 Å². The first kappa shape index (κ1) is 10.4. The smallest absolute Gasteiger partial charge is 0.106 e. The normalized spacial score (nSPS) is 18.5. The van der Waals surface area contributed by atoms with Crippen LogP contribution in [0.15, 0.2) is 44.3 Å². The lowest BCUT2D eigenvalue weighted by Gasteiger charge is -2.12. The average molecular weight is 286 g/mol. The van der Waals surface area contributed by atoms with E-state index in [2.05, 4.69) is 40.2 Å². The van der Waals surface area contributed by atoms with Gasteiger partial charge in [0.05, 0.1) is 28.6 Å². The molecule has 1 rings (SSSR count). The summed E-state index contributed by atoms with van der Waals surface area (Å²) in [5, 5.41) is 0. The van der Waals surface area contributed by atoms with E-state index in [1.54, 1.807) is 0 Å². The molecule has 0 spiro atoms. The molecule has 0 atom stereocenters. The third-order valence-corrected chi connectivity index (χ3v) is 1.91. The van der Waals surface area contributed by atoms with Gasteiger partial charge in [-0.25, -0.2) is 0 Å². The van der Waals surface area contributed by atoms with Crippen molar-refractivity contribution in [2.45, 2.75) is 13.8 Å². The molecular formula is C10H11IN2. The van der Waals surface area contributed by atoms with E-state index in [9.17, 15) is 0 Å². The third-order valence-electron chi connectivity index (χ3n) is 1.69. The predicted octanol–water partition coefficient (Wildman–Crippen LogP) is 3.55. The molecule has 0 heterocycles. The van der Waals surface area contributed by atoms with Crippen molar-refractivity contribution in [3.05, 3.63) is 36.1 Å². The Bertz CT molecular complexity index is 329. The Morgan fingerprint density at radius 2 is 2.15 bits per heavy atom. The molecule has 0 aromatic carbocycles. The van der Waals surface area contributed by atoms with Crippen molar-refractivity contribution in [2.75, 3.05) is 0 Å². The van der Waals surface area contributed by atoms with Gasteiger partial charge in [0.1, 0.15) is 6.01 Å². The summed E-state index contributed by atoms with van der Waals surface area (Å²) >= 11 is 1.85. The van der Waals surface area contributed by atoms with Gasteiger partial charge in [0, 0.05) is 5.41 Å². The standard InChI is InChI=1S/C10H11IN2/c1-10(2)6-3-4-9(5-7-10)12-8-13-11/h3-7H,1-2H3. The molecule has 0 saturated heterocycles. The molecule has 1 aliphatic carbocycles. The van der Waals surface area contributed by atoms with Crippen LogP contribution in [0.2, 0.25) is 0 Å². The summed E-state index contributed by atoms with van der Waals surface area (Å²) in [5.74, 6) is 0. The second-order valence-electron chi connectivity index (χ2n) is 3.40. The van der Waals surface area contributed by atoms with E-state index in [0.29, 0.717) is 0 Å². The fourth-order valence-electron chi connectivity index (χ4n) is 0.957. The maximum absolute atomic E-state index is 4.03. The highest BCUT2D eigenvalue weighted by Gasteiger charge is 2.09. The molecule has 0 aromatic heterocycles. The highest BCUT2D eigenvalue weighted by molar-refractivity contribution is 14.1. The van der Waals surface area contributed by atoms with E-state index >= 15 is 0 Å². The van der Waals surface area contributed by atoms with Crippen molar-refractivity contribution in [1.82, 2.24) is 0 Å². The summed E-state index contributed by atoms with van der Waals surface area (Å²) in [6.07, 6.45) is 10.2. The van der Waals surface area contributed by atoms with Gasteiger partial charge in [0.25, 0.3) is 0 Å². The molecule has 0 N–H and O–H groups in total. The largest absolute Gasteiger partial charge is 0.187 e. The van der Waals surface area contributed by atoms with Crippen LogP contribution in [0.5, 0.6) is 0 Å². The van der Waals surface area contributed by atoms with Crippen molar-refractivity contribution in [3.8, 4) is 0 Å². The van der Waals surface area contributed by atoms with Crippen molar-refractivity contribution >= 4 is 28.9 Å². The molecule has 0 radical (unpaired) electrons. The molecule has 0 fully saturated rings. The van der Waals surface area contributed by atoms with Gasteiger partial charge >= 0.3 is 0 Å². The van der Waals surface area contributed by atoms with E-state index < -0.39 is 0 Å². The lowest BCUT2D eigenvalue weighted by Crippen LogP contribution is -2.00. The van der Waals surface area contributed by atoms with Gasteiger partial charge in [-0.1, -0.05) is 32.1 Å². The molecule has 0 aromatic rings. The van der Waals surface area contributed by atoms with Crippen LogP contribution in [0.3, 0.4) is 0 Å². The van der Waals surface area contributed by atoms with E-state index in [1.807, 2.05) is 41.1 Å². The summed E-state index contributed by atoms with van der Waals surface area (Å²) in [6.45, 7) is 4.29. The minimum Gasteiger partial charge on any atom is -0.187 e. The monoisotopic (exact) mass is 286 g/mol. The van der Waals surface area contributed by atoms with Gasteiger partial charge < -0.3 is 0 Å². The second kappa shape index (κ2) is 4.53. The molecule has 3 heteroatoms. The zero-order chi connectivity index (χ0) is 9.73. The lowest BCUT2D eigenvalue weighted by atomic mass is 9.93. The summed E-state index contributed by atoms with van der Waals surface area (Å²) in [7, 11) is 0. The predicted molar refractivity (Wildman–Crippen MR) is 64.0 cm³/mol. The fourth-order valence-corrected chi connectivity index (χ4v) is 1.07. The van der Waals surface area contributed by atoms with Crippen LogP contribution in [0, 0.1) is 5.41 Å². The number of rotatable bonds is 1. The van der Waals surface area contributed by atoms with Gasteiger partial charge in [-0.15, -0.1) is 0 Å². The molecule has 2 nitrogen and oxygen atoms in total. The van der Waals surface area contributed by atoms with E-state index in [0.717, 1.165) is 5.70 Å². The zero-order valence-corrected chi connectivity index (χ0v) is 9.82. The Hall–Kier alpha value is -0.670. The van der Waals surface area contributed by atoms with Crippen LogP contribution in [-0.2, 0) is 0 Å². The summed E-state index contributed by atoms with van der Waals surface area (Å²) < 4.78 is 3.65. The second-order valence-corrected chi connectivity index (χ2v) is 3.88. The summed E-state index contributed by atoms with van der Waals surface area (Å²) in [4.78, 5) is 4.03. The lowest BCUT2D eigenvalue weighted by molar-refractivity contribution is 0.627. The number of nitrogens with zero attached hydrogens (tertiary/aromatic N) is 2. The van der Waals surface area contributed by atoms with Crippen molar-refractivity contribution in [2.24, 2.45) is 13.6 Å². The van der Waals surface area contributed by atoms with Crippen LogP contribution in [0.4, 0.5) is 0 Å². The Morgan fingerprint density at radius 1 is 1.38 bits per heavy atom. The maximum atomic E-state index is 4.03.